The first-order valence-corrected chi connectivity index (χ1v) is 14.4. The lowest BCUT2D eigenvalue weighted by Crippen LogP contribution is -2.48. The Kier molecular flexibility index (Phi) is 8.83. The highest BCUT2D eigenvalue weighted by Gasteiger charge is 2.44. The largest absolute Gasteiger partial charge is 0.405 e. The Hall–Kier alpha value is -2.14. The predicted octanol–water partition coefficient (Wildman–Crippen LogP) is 5.12. The number of amides is 1. The summed E-state index contributed by atoms with van der Waals surface area (Å²) in [4.78, 5) is 14.7. The highest BCUT2D eigenvalue weighted by molar-refractivity contribution is 7.89. The lowest BCUT2D eigenvalue weighted by atomic mass is 9.86. The standard InChI is InChI=1S/C26H31ClF3N3O3S/c27-21-8-2-3-10-23(21)37(35,36)32-24(26(28,29)30)16-25(34)31-22-9-6-7-19-15-18(11-12-20(19)22)17-33-13-4-1-5-14-33/h2-3,8,10-12,15,22,24,32H,1,4-7,9,13-14,16-17H2,(H,31,34)/t22-,24-/m1/s1. The van der Waals surface area contributed by atoms with Crippen molar-refractivity contribution in [2.75, 3.05) is 13.1 Å². The zero-order valence-electron chi connectivity index (χ0n) is 20.4. The van der Waals surface area contributed by atoms with Crippen LogP contribution in [-0.4, -0.2) is 44.5 Å². The number of likely N-dealkylation sites (tertiary alicyclic amines) is 1. The van der Waals surface area contributed by atoms with Gasteiger partial charge in [-0.05, 0) is 74.0 Å². The SMILES string of the molecule is O=C(C[C@@H](NS(=O)(=O)c1ccccc1Cl)C(F)(F)F)N[C@@H]1CCCc2cc(CN3CCCCC3)ccc21. The molecule has 11 heteroatoms. The van der Waals surface area contributed by atoms with E-state index in [4.69, 9.17) is 11.6 Å². The van der Waals surface area contributed by atoms with Crippen molar-refractivity contribution < 1.29 is 26.4 Å². The van der Waals surface area contributed by atoms with E-state index in [-0.39, 0.29) is 5.02 Å². The van der Waals surface area contributed by atoms with Gasteiger partial charge in [0, 0.05) is 6.54 Å². The van der Waals surface area contributed by atoms with Crippen LogP contribution in [0.3, 0.4) is 0 Å². The van der Waals surface area contributed by atoms with E-state index >= 15 is 0 Å². The van der Waals surface area contributed by atoms with Gasteiger partial charge in [-0.1, -0.05) is 48.4 Å². The van der Waals surface area contributed by atoms with Gasteiger partial charge in [0.1, 0.15) is 10.9 Å². The fourth-order valence-electron chi connectivity index (χ4n) is 5.07. The lowest BCUT2D eigenvalue weighted by molar-refractivity contribution is -0.158. The summed E-state index contributed by atoms with van der Waals surface area (Å²) in [6.07, 6.45) is -0.138. The fourth-order valence-corrected chi connectivity index (χ4v) is 6.81. The molecule has 37 heavy (non-hydrogen) atoms. The van der Waals surface area contributed by atoms with Gasteiger partial charge in [-0.25, -0.2) is 8.42 Å². The number of nitrogens with zero attached hydrogens (tertiary/aromatic N) is 1. The number of benzene rings is 2. The van der Waals surface area contributed by atoms with E-state index in [1.54, 1.807) is 4.72 Å². The molecule has 0 unspecified atom stereocenters. The van der Waals surface area contributed by atoms with Crippen LogP contribution in [0, 0.1) is 0 Å². The lowest BCUT2D eigenvalue weighted by Gasteiger charge is -2.30. The number of hydrogen-bond acceptors (Lipinski definition) is 4. The van der Waals surface area contributed by atoms with Crippen LogP contribution in [0.15, 0.2) is 47.4 Å². The zero-order chi connectivity index (χ0) is 26.6. The topological polar surface area (TPSA) is 78.5 Å². The second-order valence-electron chi connectivity index (χ2n) is 9.73. The molecule has 2 aromatic carbocycles. The molecule has 1 fully saturated rings. The number of carbonyl (C=O) groups excluding carboxylic acids is 1. The summed E-state index contributed by atoms with van der Waals surface area (Å²) in [5.74, 6) is -0.876. The second kappa shape index (κ2) is 11.7. The molecule has 1 amide bonds. The molecule has 202 valence electrons. The molecule has 1 aliphatic carbocycles. The monoisotopic (exact) mass is 557 g/mol. The van der Waals surface area contributed by atoms with Gasteiger partial charge in [0.25, 0.3) is 0 Å². The first-order chi connectivity index (χ1) is 17.5. The Bertz CT molecular complexity index is 1220. The molecule has 2 aromatic rings. The Labute approximate surface area is 220 Å². The predicted molar refractivity (Wildman–Crippen MR) is 136 cm³/mol. The molecule has 2 N–H and O–H groups in total. The molecule has 0 spiro atoms. The number of hydrogen-bond donors (Lipinski definition) is 2. The van der Waals surface area contributed by atoms with E-state index in [2.05, 4.69) is 16.3 Å². The van der Waals surface area contributed by atoms with Crippen molar-refractivity contribution in [2.24, 2.45) is 0 Å². The summed E-state index contributed by atoms with van der Waals surface area (Å²) in [6, 6.07) is 8.30. The zero-order valence-corrected chi connectivity index (χ0v) is 21.9. The van der Waals surface area contributed by atoms with E-state index in [0.717, 1.165) is 49.7 Å². The van der Waals surface area contributed by atoms with Crippen molar-refractivity contribution >= 4 is 27.5 Å². The molecule has 0 aromatic heterocycles. The average molecular weight is 558 g/mol. The van der Waals surface area contributed by atoms with Crippen molar-refractivity contribution in [2.45, 2.75) is 74.6 Å². The van der Waals surface area contributed by atoms with Crippen LogP contribution in [0.2, 0.25) is 5.02 Å². The number of nitrogens with one attached hydrogen (secondary N) is 2. The maximum absolute atomic E-state index is 13.7. The summed E-state index contributed by atoms with van der Waals surface area (Å²) >= 11 is 5.87. The molecule has 2 atom stereocenters. The van der Waals surface area contributed by atoms with Crippen LogP contribution in [0.1, 0.15) is 61.3 Å². The number of rotatable bonds is 8. The van der Waals surface area contributed by atoms with Crippen molar-refractivity contribution in [1.82, 2.24) is 14.9 Å². The molecule has 2 aliphatic rings. The number of sulfonamides is 1. The minimum Gasteiger partial charge on any atom is -0.349 e. The number of piperidine rings is 1. The van der Waals surface area contributed by atoms with Crippen molar-refractivity contribution in [3.8, 4) is 0 Å². The van der Waals surface area contributed by atoms with E-state index in [9.17, 15) is 26.4 Å². The smallest absolute Gasteiger partial charge is 0.349 e. The van der Waals surface area contributed by atoms with Gasteiger partial charge < -0.3 is 5.32 Å². The van der Waals surface area contributed by atoms with Gasteiger partial charge in [0.2, 0.25) is 15.9 Å². The van der Waals surface area contributed by atoms with Gasteiger partial charge in [-0.2, -0.15) is 17.9 Å². The van der Waals surface area contributed by atoms with Crippen molar-refractivity contribution in [3.63, 3.8) is 0 Å². The van der Waals surface area contributed by atoms with E-state index in [1.165, 1.54) is 43.0 Å². The number of aryl methyl sites for hydroxylation is 1. The van der Waals surface area contributed by atoms with Crippen LogP contribution in [0.25, 0.3) is 0 Å². The van der Waals surface area contributed by atoms with E-state index in [0.29, 0.717) is 6.42 Å². The molecule has 4 rings (SSSR count). The van der Waals surface area contributed by atoms with Crippen LogP contribution >= 0.6 is 11.6 Å². The maximum atomic E-state index is 13.7. The third kappa shape index (κ3) is 7.25. The summed E-state index contributed by atoms with van der Waals surface area (Å²) in [5.41, 5.74) is 3.19. The second-order valence-corrected chi connectivity index (χ2v) is 11.8. The van der Waals surface area contributed by atoms with Crippen LogP contribution < -0.4 is 10.0 Å². The Morgan fingerprint density at radius 1 is 1.08 bits per heavy atom. The third-order valence-electron chi connectivity index (χ3n) is 6.92. The Balaban J connectivity index is 1.43. The van der Waals surface area contributed by atoms with Crippen LogP contribution in [-0.2, 0) is 27.8 Å². The number of carbonyl (C=O) groups is 1. The van der Waals surface area contributed by atoms with Crippen LogP contribution in [0.5, 0.6) is 0 Å². The third-order valence-corrected chi connectivity index (χ3v) is 8.89. The molecule has 0 radical (unpaired) electrons. The minimum atomic E-state index is -4.97. The molecule has 1 aliphatic heterocycles. The fraction of sp³-hybridized carbons (Fsp3) is 0.500. The van der Waals surface area contributed by atoms with E-state index in [1.807, 2.05) is 12.1 Å². The minimum absolute atomic E-state index is 0.209. The van der Waals surface area contributed by atoms with Crippen molar-refractivity contribution in [1.29, 1.82) is 0 Å². The molecular formula is C26H31ClF3N3O3S. The van der Waals surface area contributed by atoms with Crippen LogP contribution in [0.4, 0.5) is 13.2 Å². The summed E-state index contributed by atoms with van der Waals surface area (Å²) < 4.78 is 68.0. The molecule has 1 saturated heterocycles. The van der Waals surface area contributed by atoms with Gasteiger partial charge in [0.05, 0.1) is 17.5 Å². The van der Waals surface area contributed by atoms with Gasteiger partial charge >= 0.3 is 6.18 Å². The Morgan fingerprint density at radius 2 is 1.81 bits per heavy atom. The molecule has 1 heterocycles. The first kappa shape index (κ1) is 27.9. The van der Waals surface area contributed by atoms with Gasteiger partial charge in [-0.15, -0.1) is 0 Å². The highest BCUT2D eigenvalue weighted by atomic mass is 35.5. The normalized spacial score (nSPS) is 19.7. The van der Waals surface area contributed by atoms with Gasteiger partial charge in [-0.3, -0.25) is 9.69 Å². The van der Waals surface area contributed by atoms with Crippen molar-refractivity contribution in [3.05, 3.63) is 64.2 Å². The highest BCUT2D eigenvalue weighted by Crippen LogP contribution is 2.32. The first-order valence-electron chi connectivity index (χ1n) is 12.5. The molecule has 6 nitrogen and oxygen atoms in total. The van der Waals surface area contributed by atoms with E-state index < -0.39 is 45.5 Å². The molecular weight excluding hydrogens is 527 g/mol. The summed E-state index contributed by atoms with van der Waals surface area (Å²) in [6.45, 7) is 3.02. The summed E-state index contributed by atoms with van der Waals surface area (Å²) in [5, 5.41) is 2.50. The molecule has 0 saturated carbocycles. The number of alkyl halides is 3. The number of fused-ring (bicyclic) bond motifs is 1. The molecule has 0 bridgehead atoms. The maximum Gasteiger partial charge on any atom is 0.405 e. The quantitative estimate of drug-likeness (QED) is 0.472. The number of halogens is 4. The Morgan fingerprint density at radius 3 is 2.51 bits per heavy atom. The average Bonchev–Trinajstić information content (AvgIpc) is 2.84. The van der Waals surface area contributed by atoms with Gasteiger partial charge in [0.15, 0.2) is 0 Å². The summed E-state index contributed by atoms with van der Waals surface area (Å²) in [7, 11) is -4.60.